The minimum Gasteiger partial charge on any atom is -0.208 e. The molecule has 11 rings (SSSR count). The van der Waals surface area contributed by atoms with Crippen LogP contribution in [0.2, 0.25) is 0 Å². The molecule has 0 radical (unpaired) electrons. The molecule has 0 amide bonds. The second-order valence-electron chi connectivity index (χ2n) is 15.0. The Kier molecular flexibility index (Phi) is 8.09. The van der Waals surface area contributed by atoms with Gasteiger partial charge < -0.3 is 0 Å². The molecule has 0 aliphatic heterocycles. The summed E-state index contributed by atoms with van der Waals surface area (Å²) in [7, 11) is 0. The van der Waals surface area contributed by atoms with Crippen molar-refractivity contribution < 1.29 is 8.78 Å². The van der Waals surface area contributed by atoms with Crippen LogP contribution in [0.15, 0.2) is 188 Å². The number of aromatic nitrogens is 3. The normalized spacial score (nSPS) is 13.0. The maximum atomic E-state index is 13.9. The Bertz CT molecular complexity index is 2980. The monoisotopic (exact) mass is 761 g/mol. The van der Waals surface area contributed by atoms with Gasteiger partial charge in [0.15, 0.2) is 17.5 Å². The Hall–Kier alpha value is -7.63. The Morgan fingerprint density at radius 2 is 0.712 bits per heavy atom. The quantitative estimate of drug-likeness (QED) is 0.175. The largest absolute Gasteiger partial charge is 0.208 e. The van der Waals surface area contributed by atoms with Crippen LogP contribution in [0.4, 0.5) is 8.78 Å². The second-order valence-corrected chi connectivity index (χ2v) is 15.0. The van der Waals surface area contributed by atoms with Gasteiger partial charge in [0.05, 0.1) is 5.41 Å². The van der Waals surface area contributed by atoms with Gasteiger partial charge in [-0.1, -0.05) is 158 Å². The number of hydrogen-bond acceptors (Lipinski definition) is 3. The molecule has 8 aromatic carbocycles. The molecule has 59 heavy (non-hydrogen) atoms. The molecular weight excluding hydrogens is 729 g/mol. The Morgan fingerprint density at radius 3 is 1.24 bits per heavy atom. The molecular formula is C54H33F2N3. The molecule has 278 valence electrons. The van der Waals surface area contributed by atoms with Crippen molar-refractivity contribution in [2.75, 3.05) is 0 Å². The van der Waals surface area contributed by atoms with Gasteiger partial charge in [-0.05, 0) is 109 Å². The summed E-state index contributed by atoms with van der Waals surface area (Å²) in [5.74, 6) is 0.972. The molecule has 1 spiro atoms. The fourth-order valence-electron chi connectivity index (χ4n) is 9.01. The summed E-state index contributed by atoms with van der Waals surface area (Å²) in [4.78, 5) is 15.5. The zero-order valence-corrected chi connectivity index (χ0v) is 31.7. The standard InChI is InChI=1S/C54H33F2N3/c55-43-27-23-34(24-28-43)38-10-7-12-40(31-38)51-57-52(41-13-8-11-39(32-41)35-25-29-44(56)30-26-35)59-53(58-51)42-22-21-37-20-19-36-9-1-4-16-47(36)54(50(37)33-42)48-17-5-2-14-45(48)46-15-3-6-18-49(46)54/h1-33H. The topological polar surface area (TPSA) is 38.7 Å². The summed E-state index contributed by atoms with van der Waals surface area (Å²) in [6.07, 6.45) is 4.45. The highest BCUT2D eigenvalue weighted by atomic mass is 19.1. The van der Waals surface area contributed by atoms with Crippen LogP contribution >= 0.6 is 0 Å². The Morgan fingerprint density at radius 1 is 0.305 bits per heavy atom. The molecule has 0 unspecified atom stereocenters. The van der Waals surface area contributed by atoms with Crippen molar-refractivity contribution in [3.63, 3.8) is 0 Å². The summed E-state index contributed by atoms with van der Waals surface area (Å²) in [6.45, 7) is 0. The highest BCUT2D eigenvalue weighted by molar-refractivity contribution is 5.92. The predicted molar refractivity (Wildman–Crippen MR) is 233 cm³/mol. The van der Waals surface area contributed by atoms with Crippen LogP contribution in [0.5, 0.6) is 0 Å². The lowest BCUT2D eigenvalue weighted by molar-refractivity contribution is 0.627. The Labute approximate surface area is 340 Å². The van der Waals surface area contributed by atoms with E-state index in [0.717, 1.165) is 50.1 Å². The number of hydrogen-bond donors (Lipinski definition) is 0. The van der Waals surface area contributed by atoms with Crippen molar-refractivity contribution in [3.8, 4) is 67.5 Å². The van der Waals surface area contributed by atoms with Crippen molar-refractivity contribution in [1.29, 1.82) is 0 Å². The van der Waals surface area contributed by atoms with Gasteiger partial charge in [-0.15, -0.1) is 0 Å². The van der Waals surface area contributed by atoms with Crippen LogP contribution in [-0.2, 0) is 5.41 Å². The number of rotatable bonds is 5. The zero-order valence-electron chi connectivity index (χ0n) is 31.7. The molecule has 2 aliphatic carbocycles. The van der Waals surface area contributed by atoms with Gasteiger partial charge >= 0.3 is 0 Å². The first-order valence-corrected chi connectivity index (χ1v) is 19.6. The first-order chi connectivity index (χ1) is 29.0. The minimum atomic E-state index is -0.607. The van der Waals surface area contributed by atoms with E-state index in [0.29, 0.717) is 17.5 Å². The van der Waals surface area contributed by atoms with Crippen LogP contribution in [0.25, 0.3) is 79.7 Å². The van der Waals surface area contributed by atoms with Gasteiger partial charge in [-0.2, -0.15) is 0 Å². The van der Waals surface area contributed by atoms with E-state index in [1.165, 1.54) is 57.6 Å². The van der Waals surface area contributed by atoms with Crippen LogP contribution in [0.3, 0.4) is 0 Å². The van der Waals surface area contributed by atoms with Gasteiger partial charge in [-0.3, -0.25) is 0 Å². The third kappa shape index (κ3) is 5.73. The zero-order chi connectivity index (χ0) is 39.5. The molecule has 0 fully saturated rings. The molecule has 9 aromatic rings. The minimum absolute atomic E-state index is 0.286. The lowest BCUT2D eigenvalue weighted by Gasteiger charge is -2.35. The van der Waals surface area contributed by atoms with E-state index in [2.05, 4.69) is 103 Å². The van der Waals surface area contributed by atoms with Crippen LogP contribution in [0.1, 0.15) is 33.4 Å². The highest BCUT2D eigenvalue weighted by Crippen LogP contribution is 2.58. The third-order valence-corrected chi connectivity index (χ3v) is 11.7. The number of halogens is 2. The van der Waals surface area contributed by atoms with E-state index < -0.39 is 5.41 Å². The van der Waals surface area contributed by atoms with Crippen molar-refractivity contribution in [2.24, 2.45) is 0 Å². The predicted octanol–water partition coefficient (Wildman–Crippen LogP) is 13.3. The second kappa shape index (κ2) is 13.8. The summed E-state index contributed by atoms with van der Waals surface area (Å²) in [5.41, 5.74) is 15.0. The van der Waals surface area contributed by atoms with E-state index in [-0.39, 0.29) is 11.6 Å². The van der Waals surface area contributed by atoms with E-state index in [4.69, 9.17) is 15.0 Å². The molecule has 3 nitrogen and oxygen atoms in total. The molecule has 0 atom stereocenters. The lowest BCUT2D eigenvalue weighted by atomic mass is 9.66. The van der Waals surface area contributed by atoms with Crippen LogP contribution in [0, 0.1) is 11.6 Å². The number of nitrogens with zero attached hydrogens (tertiary/aromatic N) is 3. The van der Waals surface area contributed by atoms with E-state index in [1.807, 2.05) is 48.5 Å². The van der Waals surface area contributed by atoms with Crippen molar-refractivity contribution in [1.82, 2.24) is 15.0 Å². The van der Waals surface area contributed by atoms with Gasteiger partial charge in [0.2, 0.25) is 0 Å². The number of benzene rings is 8. The van der Waals surface area contributed by atoms with Crippen molar-refractivity contribution in [3.05, 3.63) is 233 Å². The van der Waals surface area contributed by atoms with Crippen molar-refractivity contribution >= 4 is 12.2 Å². The summed E-state index contributed by atoms with van der Waals surface area (Å²) in [6, 6.07) is 61.8. The van der Waals surface area contributed by atoms with E-state index in [9.17, 15) is 8.78 Å². The van der Waals surface area contributed by atoms with E-state index >= 15 is 0 Å². The van der Waals surface area contributed by atoms with Gasteiger partial charge in [0.1, 0.15) is 11.6 Å². The first-order valence-electron chi connectivity index (χ1n) is 19.6. The van der Waals surface area contributed by atoms with Crippen LogP contribution in [-0.4, -0.2) is 15.0 Å². The molecule has 1 aromatic heterocycles. The van der Waals surface area contributed by atoms with Gasteiger partial charge in [0.25, 0.3) is 0 Å². The SMILES string of the molecule is Fc1ccc(-c2cccc(-c3nc(-c4cccc(-c5ccc(F)cc5)c4)nc(-c4ccc5c(c4)C4(c6ccccc6C=C5)c5ccccc5-c5ccccc54)n3)c2)cc1. The first kappa shape index (κ1) is 34.6. The summed E-state index contributed by atoms with van der Waals surface area (Å²) >= 11 is 0. The highest BCUT2D eigenvalue weighted by Gasteiger charge is 2.48. The number of fused-ring (bicyclic) bond motifs is 9. The molecule has 5 heteroatoms. The van der Waals surface area contributed by atoms with Crippen molar-refractivity contribution in [2.45, 2.75) is 5.41 Å². The fraction of sp³-hybridized carbons (Fsp3) is 0.0185. The molecule has 0 N–H and O–H groups in total. The third-order valence-electron chi connectivity index (χ3n) is 11.7. The van der Waals surface area contributed by atoms with E-state index in [1.54, 1.807) is 24.3 Å². The Balaban J connectivity index is 1.14. The molecule has 0 saturated carbocycles. The average molecular weight is 762 g/mol. The average Bonchev–Trinajstić information content (AvgIpc) is 3.50. The molecule has 0 bridgehead atoms. The summed E-state index contributed by atoms with van der Waals surface area (Å²) in [5, 5.41) is 0. The fourth-order valence-corrected chi connectivity index (χ4v) is 9.01. The maximum Gasteiger partial charge on any atom is 0.164 e. The lowest BCUT2D eigenvalue weighted by Crippen LogP contribution is -2.30. The van der Waals surface area contributed by atoms with Gasteiger partial charge in [0, 0.05) is 16.7 Å². The maximum absolute atomic E-state index is 13.9. The summed E-state index contributed by atoms with van der Waals surface area (Å²) < 4.78 is 27.8. The molecule has 2 aliphatic rings. The van der Waals surface area contributed by atoms with Gasteiger partial charge in [-0.25, -0.2) is 23.7 Å². The molecule has 1 heterocycles. The van der Waals surface area contributed by atoms with Crippen LogP contribution < -0.4 is 0 Å². The molecule has 0 saturated heterocycles. The smallest absolute Gasteiger partial charge is 0.164 e.